The Kier molecular flexibility index (Phi) is 3.80. The maximum absolute atomic E-state index is 13.3. The second-order valence-electron chi connectivity index (χ2n) is 6.76. The fraction of sp³-hybridized carbons (Fsp3) is 0.136. The Labute approximate surface area is 161 Å². The third-order valence-electron chi connectivity index (χ3n) is 5.08. The molecule has 4 nitrogen and oxygen atoms in total. The van der Waals surface area contributed by atoms with Crippen LogP contribution >= 0.6 is 11.6 Å². The molecule has 1 aliphatic rings. The number of anilines is 1. The molecular weight excluding hydrogens is 358 g/mol. The highest BCUT2D eigenvalue weighted by Crippen LogP contribution is 2.32. The largest absolute Gasteiger partial charge is 0.320 e. The van der Waals surface area contributed by atoms with Gasteiger partial charge in [0.05, 0.1) is 22.3 Å². The van der Waals surface area contributed by atoms with Gasteiger partial charge in [0.2, 0.25) is 0 Å². The highest BCUT2D eigenvalue weighted by Gasteiger charge is 2.24. The molecule has 27 heavy (non-hydrogen) atoms. The van der Waals surface area contributed by atoms with E-state index < -0.39 is 0 Å². The number of hydrogen-bond acceptors (Lipinski definition) is 3. The van der Waals surface area contributed by atoms with Crippen LogP contribution in [0.1, 0.15) is 28.0 Å². The first-order valence-corrected chi connectivity index (χ1v) is 9.34. The van der Waals surface area contributed by atoms with Crippen LogP contribution in [0.5, 0.6) is 0 Å². The molecule has 2 aromatic carbocycles. The molecule has 0 radical (unpaired) electrons. The Balaban J connectivity index is 1.67. The summed E-state index contributed by atoms with van der Waals surface area (Å²) in [5.74, 6) is -0.138. The third-order valence-corrected chi connectivity index (χ3v) is 5.32. The molecule has 0 atom stereocenters. The Morgan fingerprint density at radius 1 is 1.07 bits per heavy atom. The van der Waals surface area contributed by atoms with Gasteiger partial charge in [-0.05, 0) is 55.2 Å². The Morgan fingerprint density at radius 3 is 2.89 bits per heavy atom. The first-order valence-electron chi connectivity index (χ1n) is 8.97. The van der Waals surface area contributed by atoms with E-state index in [2.05, 4.69) is 10.3 Å². The van der Waals surface area contributed by atoms with Crippen LogP contribution in [0.3, 0.4) is 0 Å². The highest BCUT2D eigenvalue weighted by molar-refractivity contribution is 6.31. The van der Waals surface area contributed by atoms with Gasteiger partial charge in [0.1, 0.15) is 0 Å². The van der Waals surface area contributed by atoms with Crippen LogP contribution in [0, 0.1) is 0 Å². The lowest BCUT2D eigenvalue weighted by Gasteiger charge is -2.14. The SMILES string of the molecule is O=C(Nc1cccc2cccnc12)c1c2c(nc3ccc(Cl)cc13)CCC2. The van der Waals surface area contributed by atoms with Crippen molar-refractivity contribution in [3.05, 3.63) is 76.6 Å². The number of nitrogens with zero attached hydrogens (tertiary/aromatic N) is 2. The maximum atomic E-state index is 13.3. The van der Waals surface area contributed by atoms with Gasteiger partial charge in [0.25, 0.3) is 5.91 Å². The summed E-state index contributed by atoms with van der Waals surface area (Å²) in [6, 6.07) is 15.2. The van der Waals surface area contributed by atoms with Crippen LogP contribution in [0.2, 0.25) is 5.02 Å². The molecule has 132 valence electrons. The number of rotatable bonds is 2. The fourth-order valence-electron chi connectivity index (χ4n) is 3.88. The number of nitrogens with one attached hydrogen (secondary N) is 1. The maximum Gasteiger partial charge on any atom is 0.256 e. The van der Waals surface area contributed by atoms with Gasteiger partial charge in [-0.15, -0.1) is 0 Å². The number of aromatic nitrogens is 2. The monoisotopic (exact) mass is 373 g/mol. The average Bonchev–Trinajstić information content (AvgIpc) is 3.14. The summed E-state index contributed by atoms with van der Waals surface area (Å²) in [6.07, 6.45) is 4.52. The summed E-state index contributed by atoms with van der Waals surface area (Å²) < 4.78 is 0. The van der Waals surface area contributed by atoms with Crippen molar-refractivity contribution >= 4 is 45.0 Å². The topological polar surface area (TPSA) is 54.9 Å². The molecule has 4 aromatic rings. The number of halogens is 1. The van der Waals surface area contributed by atoms with Gasteiger partial charge in [0.15, 0.2) is 0 Å². The van der Waals surface area contributed by atoms with E-state index in [-0.39, 0.29) is 5.91 Å². The molecule has 1 amide bonds. The summed E-state index contributed by atoms with van der Waals surface area (Å²) >= 11 is 6.22. The third kappa shape index (κ3) is 2.73. The molecule has 0 aliphatic heterocycles. The molecule has 5 rings (SSSR count). The van der Waals surface area contributed by atoms with Crippen LogP contribution in [0.25, 0.3) is 21.8 Å². The van der Waals surface area contributed by atoms with E-state index in [4.69, 9.17) is 16.6 Å². The zero-order valence-corrected chi connectivity index (χ0v) is 15.3. The van der Waals surface area contributed by atoms with E-state index in [1.165, 1.54) is 0 Å². The lowest BCUT2D eigenvalue weighted by molar-refractivity contribution is 0.102. The van der Waals surface area contributed by atoms with E-state index in [0.29, 0.717) is 16.3 Å². The zero-order chi connectivity index (χ0) is 18.4. The molecule has 1 N–H and O–H groups in total. The number of pyridine rings is 2. The van der Waals surface area contributed by atoms with Crippen LogP contribution in [-0.4, -0.2) is 15.9 Å². The highest BCUT2D eigenvalue weighted by atomic mass is 35.5. The lowest BCUT2D eigenvalue weighted by Crippen LogP contribution is -2.16. The van der Waals surface area contributed by atoms with Crippen LogP contribution in [0.15, 0.2) is 54.7 Å². The van der Waals surface area contributed by atoms with Crippen molar-refractivity contribution in [3.63, 3.8) is 0 Å². The quantitative estimate of drug-likeness (QED) is 0.527. The van der Waals surface area contributed by atoms with Gasteiger partial charge in [0, 0.05) is 27.7 Å². The predicted molar refractivity (Wildman–Crippen MR) is 108 cm³/mol. The molecule has 0 saturated heterocycles. The number of para-hydroxylation sites is 1. The summed E-state index contributed by atoms with van der Waals surface area (Å²) in [5, 5.41) is 5.46. The second kappa shape index (κ2) is 6.32. The predicted octanol–water partition coefficient (Wildman–Crippen LogP) is 5.18. The Bertz CT molecular complexity index is 1210. The standard InChI is InChI=1S/C22H16ClN3O/c23-14-9-10-18-16(12-14)20(15-6-2-7-17(15)25-18)22(27)26-19-8-1-4-13-5-3-11-24-21(13)19/h1,3-5,8-12H,2,6-7H2,(H,26,27). The van der Waals surface area contributed by atoms with Gasteiger partial charge >= 0.3 is 0 Å². The smallest absolute Gasteiger partial charge is 0.256 e. The molecular formula is C22H16ClN3O. The second-order valence-corrected chi connectivity index (χ2v) is 7.20. The first-order chi connectivity index (χ1) is 13.2. The van der Waals surface area contributed by atoms with Crippen LogP contribution in [0.4, 0.5) is 5.69 Å². The minimum absolute atomic E-state index is 0.138. The molecule has 2 heterocycles. The molecule has 5 heteroatoms. The number of amides is 1. The van der Waals surface area contributed by atoms with Gasteiger partial charge in [-0.1, -0.05) is 29.8 Å². The van der Waals surface area contributed by atoms with Crippen molar-refractivity contribution in [1.82, 2.24) is 9.97 Å². The van der Waals surface area contributed by atoms with E-state index in [1.807, 2.05) is 48.5 Å². The summed E-state index contributed by atoms with van der Waals surface area (Å²) in [7, 11) is 0. The minimum Gasteiger partial charge on any atom is -0.320 e. The fourth-order valence-corrected chi connectivity index (χ4v) is 4.06. The molecule has 0 saturated carbocycles. The zero-order valence-electron chi connectivity index (χ0n) is 14.5. The lowest BCUT2D eigenvalue weighted by atomic mass is 10.0. The van der Waals surface area contributed by atoms with Crippen LogP contribution < -0.4 is 5.32 Å². The van der Waals surface area contributed by atoms with Gasteiger partial charge < -0.3 is 5.32 Å². The summed E-state index contributed by atoms with van der Waals surface area (Å²) in [6.45, 7) is 0. The van der Waals surface area contributed by atoms with E-state index in [9.17, 15) is 4.79 Å². The number of carbonyl (C=O) groups excluding carboxylic acids is 1. The molecule has 0 bridgehead atoms. The Hall–Kier alpha value is -2.98. The van der Waals surface area contributed by atoms with Crippen molar-refractivity contribution in [2.24, 2.45) is 0 Å². The van der Waals surface area contributed by atoms with Gasteiger partial charge in [-0.2, -0.15) is 0 Å². The number of aryl methyl sites for hydroxylation is 1. The average molecular weight is 374 g/mol. The number of hydrogen-bond donors (Lipinski definition) is 1. The van der Waals surface area contributed by atoms with Crippen molar-refractivity contribution < 1.29 is 4.79 Å². The van der Waals surface area contributed by atoms with Crippen molar-refractivity contribution in [3.8, 4) is 0 Å². The minimum atomic E-state index is -0.138. The molecule has 1 aliphatic carbocycles. The molecule has 0 spiro atoms. The molecule has 0 fully saturated rings. The number of fused-ring (bicyclic) bond motifs is 3. The number of carbonyl (C=O) groups is 1. The van der Waals surface area contributed by atoms with E-state index >= 15 is 0 Å². The van der Waals surface area contributed by atoms with Crippen molar-refractivity contribution in [2.45, 2.75) is 19.3 Å². The van der Waals surface area contributed by atoms with Gasteiger partial charge in [-0.25, -0.2) is 0 Å². The van der Waals surface area contributed by atoms with Crippen molar-refractivity contribution in [1.29, 1.82) is 0 Å². The van der Waals surface area contributed by atoms with Crippen molar-refractivity contribution in [2.75, 3.05) is 5.32 Å². The van der Waals surface area contributed by atoms with E-state index in [1.54, 1.807) is 6.20 Å². The summed E-state index contributed by atoms with van der Waals surface area (Å²) in [5.41, 5.74) is 5.03. The van der Waals surface area contributed by atoms with Crippen LogP contribution in [-0.2, 0) is 12.8 Å². The number of benzene rings is 2. The Morgan fingerprint density at radius 2 is 1.96 bits per heavy atom. The normalized spacial score (nSPS) is 13.1. The molecule has 2 aromatic heterocycles. The summed E-state index contributed by atoms with van der Waals surface area (Å²) in [4.78, 5) is 22.5. The first kappa shape index (κ1) is 16.2. The van der Waals surface area contributed by atoms with Gasteiger partial charge in [-0.3, -0.25) is 14.8 Å². The van der Waals surface area contributed by atoms with E-state index in [0.717, 1.165) is 52.3 Å². The molecule has 0 unspecified atom stereocenters.